The highest BCUT2D eigenvalue weighted by Crippen LogP contribution is 2.33. The molecule has 7 nitrogen and oxygen atoms in total. The predicted octanol–water partition coefficient (Wildman–Crippen LogP) is 2.87. The molecule has 1 saturated heterocycles. The van der Waals surface area contributed by atoms with E-state index >= 15 is 0 Å². The van der Waals surface area contributed by atoms with Crippen LogP contribution in [0.3, 0.4) is 0 Å². The largest absolute Gasteiger partial charge is 0.445 e. The molecule has 2 aliphatic rings. The molecular formula is C18H24F3N5O2S. The van der Waals surface area contributed by atoms with Gasteiger partial charge in [-0.05, 0) is 25.3 Å². The lowest BCUT2D eigenvalue weighted by atomic mass is 9.84. The van der Waals surface area contributed by atoms with Gasteiger partial charge in [-0.2, -0.15) is 13.2 Å². The van der Waals surface area contributed by atoms with Gasteiger partial charge in [0.2, 0.25) is 22.0 Å². The number of nitrogens with one attached hydrogen (secondary N) is 3. The standard InChI is InChI=1S/C18H24F3N5O2S/c19-18(20,21)16-25-26-17(29-16)24-14(27)7-6-12(10-11-4-2-1-3-5-11)23-15(28)13-8-9-22-13/h6-7,11-13,22H,1-5,8-10H2,(H,23,28)(H,24,26,27)/b7-6+/t12-,13+/m1/s1. The SMILES string of the molecule is O=C(/C=C/[C@H](CC1CCCCC1)NC(=O)[C@@H]1CCN1)Nc1nnc(C(F)(F)F)s1. The second kappa shape index (κ2) is 9.66. The molecule has 1 aromatic rings. The zero-order valence-corrected chi connectivity index (χ0v) is 16.6. The van der Waals surface area contributed by atoms with E-state index in [4.69, 9.17) is 0 Å². The van der Waals surface area contributed by atoms with E-state index in [0.717, 1.165) is 45.1 Å². The topological polar surface area (TPSA) is 96.0 Å². The van der Waals surface area contributed by atoms with Crippen molar-refractivity contribution in [1.29, 1.82) is 0 Å². The van der Waals surface area contributed by atoms with E-state index in [-0.39, 0.29) is 34.5 Å². The van der Waals surface area contributed by atoms with E-state index in [1.165, 1.54) is 12.5 Å². The van der Waals surface area contributed by atoms with E-state index in [9.17, 15) is 22.8 Å². The first-order valence-electron chi connectivity index (χ1n) is 9.75. The average molecular weight is 431 g/mol. The number of nitrogens with zero attached hydrogens (tertiary/aromatic N) is 2. The zero-order valence-electron chi connectivity index (χ0n) is 15.8. The monoisotopic (exact) mass is 431 g/mol. The number of halogens is 3. The van der Waals surface area contributed by atoms with Crippen LogP contribution in [0.1, 0.15) is 50.0 Å². The summed E-state index contributed by atoms with van der Waals surface area (Å²) in [6, 6.07) is -0.507. The van der Waals surface area contributed by atoms with Gasteiger partial charge in [0.1, 0.15) is 0 Å². The highest BCUT2D eigenvalue weighted by atomic mass is 32.1. The second-order valence-electron chi connectivity index (χ2n) is 7.41. The summed E-state index contributed by atoms with van der Waals surface area (Å²) in [5.74, 6) is -0.228. The number of hydrogen-bond acceptors (Lipinski definition) is 6. The van der Waals surface area contributed by atoms with Crippen LogP contribution in [0.15, 0.2) is 12.2 Å². The van der Waals surface area contributed by atoms with Gasteiger partial charge in [-0.25, -0.2) is 0 Å². The lowest BCUT2D eigenvalue weighted by Gasteiger charge is -2.30. The lowest BCUT2D eigenvalue weighted by Crippen LogP contribution is -2.55. The molecule has 160 valence electrons. The van der Waals surface area contributed by atoms with Crippen molar-refractivity contribution in [2.75, 3.05) is 11.9 Å². The van der Waals surface area contributed by atoms with Crippen molar-refractivity contribution < 1.29 is 22.8 Å². The minimum atomic E-state index is -4.60. The number of hydrogen-bond donors (Lipinski definition) is 3. The van der Waals surface area contributed by atoms with Gasteiger partial charge in [-0.1, -0.05) is 49.5 Å². The van der Waals surface area contributed by atoms with Crippen molar-refractivity contribution in [2.24, 2.45) is 5.92 Å². The molecule has 2 amide bonds. The average Bonchev–Trinajstić information content (AvgIpc) is 3.08. The van der Waals surface area contributed by atoms with Gasteiger partial charge in [0.25, 0.3) is 0 Å². The number of carbonyl (C=O) groups is 2. The lowest BCUT2D eigenvalue weighted by molar-refractivity contribution is -0.138. The Labute approximate surface area is 170 Å². The van der Waals surface area contributed by atoms with E-state index in [1.807, 2.05) is 0 Å². The third kappa shape index (κ3) is 6.49. The summed E-state index contributed by atoms with van der Waals surface area (Å²) in [6.07, 6.45) is 5.50. The first-order chi connectivity index (χ1) is 13.8. The highest BCUT2D eigenvalue weighted by molar-refractivity contribution is 7.15. The Morgan fingerprint density at radius 3 is 2.52 bits per heavy atom. The predicted molar refractivity (Wildman–Crippen MR) is 102 cm³/mol. The van der Waals surface area contributed by atoms with Crippen LogP contribution in [0.4, 0.5) is 18.3 Å². The molecule has 0 spiro atoms. The Morgan fingerprint density at radius 2 is 1.93 bits per heavy atom. The summed E-state index contributed by atoms with van der Waals surface area (Å²) in [7, 11) is 0. The molecular weight excluding hydrogens is 407 g/mol. The quantitative estimate of drug-likeness (QED) is 0.577. The molecule has 1 aromatic heterocycles. The third-order valence-corrected chi connectivity index (χ3v) is 6.04. The maximum Gasteiger partial charge on any atom is 0.445 e. The van der Waals surface area contributed by atoms with Gasteiger partial charge in [0.05, 0.1) is 6.04 Å². The van der Waals surface area contributed by atoms with Gasteiger partial charge in [-0.15, -0.1) is 10.2 Å². The maximum atomic E-state index is 12.6. The summed E-state index contributed by atoms with van der Waals surface area (Å²) in [4.78, 5) is 24.4. The maximum absolute atomic E-state index is 12.6. The van der Waals surface area contributed by atoms with Gasteiger partial charge >= 0.3 is 6.18 Å². The molecule has 29 heavy (non-hydrogen) atoms. The normalized spacial score (nSPS) is 21.6. The molecule has 1 aliphatic heterocycles. The van der Waals surface area contributed by atoms with E-state index in [1.54, 1.807) is 6.08 Å². The first-order valence-corrected chi connectivity index (χ1v) is 10.6. The summed E-state index contributed by atoms with van der Waals surface area (Å²) >= 11 is 0.265. The van der Waals surface area contributed by atoms with Gasteiger partial charge in [-0.3, -0.25) is 14.9 Å². The Bertz CT molecular complexity index is 742. The first kappa shape index (κ1) is 21.7. The van der Waals surface area contributed by atoms with Crippen molar-refractivity contribution in [1.82, 2.24) is 20.8 Å². The number of carbonyl (C=O) groups excluding carboxylic acids is 2. The van der Waals surface area contributed by atoms with E-state index in [0.29, 0.717) is 5.92 Å². The highest BCUT2D eigenvalue weighted by Gasteiger charge is 2.35. The number of anilines is 1. The fraction of sp³-hybridized carbons (Fsp3) is 0.667. The number of alkyl halides is 3. The van der Waals surface area contributed by atoms with Crippen LogP contribution < -0.4 is 16.0 Å². The molecule has 2 heterocycles. The third-order valence-electron chi connectivity index (χ3n) is 5.16. The molecule has 11 heteroatoms. The molecule has 0 aromatic carbocycles. The van der Waals surface area contributed by atoms with Gasteiger partial charge < -0.3 is 10.6 Å². The van der Waals surface area contributed by atoms with Crippen molar-refractivity contribution in [3.8, 4) is 0 Å². The van der Waals surface area contributed by atoms with Crippen LogP contribution in [0, 0.1) is 5.92 Å². The van der Waals surface area contributed by atoms with Crippen LogP contribution in [0.25, 0.3) is 0 Å². The molecule has 0 unspecified atom stereocenters. The minimum absolute atomic E-state index is 0.0962. The minimum Gasteiger partial charge on any atom is -0.349 e. The molecule has 0 radical (unpaired) electrons. The molecule has 1 aliphatic carbocycles. The smallest absolute Gasteiger partial charge is 0.349 e. The Kier molecular flexibility index (Phi) is 7.23. The van der Waals surface area contributed by atoms with E-state index in [2.05, 4.69) is 26.1 Å². The summed E-state index contributed by atoms with van der Waals surface area (Å²) in [5.41, 5.74) is 0. The second-order valence-corrected chi connectivity index (χ2v) is 8.39. The molecule has 0 bridgehead atoms. The molecule has 3 rings (SSSR count). The fourth-order valence-corrected chi connectivity index (χ4v) is 4.12. The molecule has 1 saturated carbocycles. The van der Waals surface area contributed by atoms with Crippen LogP contribution in [0.2, 0.25) is 0 Å². The van der Waals surface area contributed by atoms with Crippen LogP contribution in [-0.4, -0.2) is 40.6 Å². The van der Waals surface area contributed by atoms with Gasteiger partial charge in [0, 0.05) is 12.1 Å². The van der Waals surface area contributed by atoms with Crippen molar-refractivity contribution >= 4 is 28.3 Å². The molecule has 3 N–H and O–H groups in total. The van der Waals surface area contributed by atoms with Crippen molar-refractivity contribution in [3.05, 3.63) is 17.2 Å². The summed E-state index contributed by atoms with van der Waals surface area (Å²) in [6.45, 7) is 0.811. The Balaban J connectivity index is 1.58. The van der Waals surface area contributed by atoms with Crippen molar-refractivity contribution in [3.63, 3.8) is 0 Å². The van der Waals surface area contributed by atoms with Crippen molar-refractivity contribution in [2.45, 2.75) is 63.2 Å². The van der Waals surface area contributed by atoms with E-state index < -0.39 is 17.1 Å². The zero-order chi connectivity index (χ0) is 20.9. The Hall–Kier alpha value is -2.01. The molecule has 2 atom stereocenters. The summed E-state index contributed by atoms with van der Waals surface area (Å²) < 4.78 is 37.7. The number of rotatable bonds is 7. The van der Waals surface area contributed by atoms with Gasteiger partial charge in [0.15, 0.2) is 0 Å². The molecule has 2 fully saturated rings. The van der Waals surface area contributed by atoms with Crippen LogP contribution >= 0.6 is 11.3 Å². The summed E-state index contributed by atoms with van der Waals surface area (Å²) in [5, 5.41) is 13.3. The number of amides is 2. The van der Waals surface area contributed by atoms with Crippen LogP contribution in [-0.2, 0) is 15.8 Å². The number of aromatic nitrogens is 2. The van der Waals surface area contributed by atoms with Crippen LogP contribution in [0.5, 0.6) is 0 Å². The Morgan fingerprint density at radius 1 is 1.21 bits per heavy atom. The fourth-order valence-electron chi connectivity index (χ4n) is 3.50.